The van der Waals surface area contributed by atoms with Crippen molar-refractivity contribution in [1.29, 1.82) is 0 Å². The number of halogens is 1. The third-order valence-corrected chi connectivity index (χ3v) is 5.65. The van der Waals surface area contributed by atoms with E-state index < -0.39 is 0 Å². The van der Waals surface area contributed by atoms with Crippen LogP contribution in [0.3, 0.4) is 0 Å². The fraction of sp³-hybridized carbons (Fsp3) is 0.480. The van der Waals surface area contributed by atoms with E-state index in [1.807, 2.05) is 19.1 Å². The van der Waals surface area contributed by atoms with Crippen molar-refractivity contribution in [2.24, 2.45) is 4.99 Å². The zero-order valence-electron chi connectivity index (χ0n) is 18.9. The molecule has 2 aromatic carbocycles. The SMILES string of the molecule is CCNC(=NCc1ccc(CN2CCCN(C)CC2)cc1)NCCc1ccccc1F. The van der Waals surface area contributed by atoms with Crippen LogP contribution >= 0.6 is 0 Å². The van der Waals surface area contributed by atoms with Crippen molar-refractivity contribution >= 4 is 5.96 Å². The molecule has 1 saturated heterocycles. The van der Waals surface area contributed by atoms with Crippen molar-refractivity contribution in [3.63, 3.8) is 0 Å². The Morgan fingerprint density at radius 1 is 0.968 bits per heavy atom. The second kappa shape index (κ2) is 12.4. The predicted octanol–water partition coefficient (Wildman–Crippen LogP) is 3.26. The highest BCUT2D eigenvalue weighted by molar-refractivity contribution is 5.79. The molecular weight excluding hydrogens is 389 g/mol. The highest BCUT2D eigenvalue weighted by Crippen LogP contribution is 2.11. The quantitative estimate of drug-likeness (QED) is 0.503. The van der Waals surface area contributed by atoms with Gasteiger partial charge in [0.05, 0.1) is 6.54 Å². The minimum absolute atomic E-state index is 0.154. The number of nitrogens with zero attached hydrogens (tertiary/aromatic N) is 3. The number of hydrogen-bond donors (Lipinski definition) is 2. The summed E-state index contributed by atoms with van der Waals surface area (Å²) in [5, 5.41) is 6.57. The Kier molecular flexibility index (Phi) is 9.31. The number of guanidine groups is 1. The number of likely N-dealkylation sites (N-methyl/N-ethyl adjacent to an activating group) is 1. The first-order valence-corrected chi connectivity index (χ1v) is 11.4. The van der Waals surface area contributed by atoms with Crippen LogP contribution in [0.4, 0.5) is 4.39 Å². The van der Waals surface area contributed by atoms with E-state index in [0.717, 1.165) is 37.7 Å². The fourth-order valence-corrected chi connectivity index (χ4v) is 3.80. The van der Waals surface area contributed by atoms with Crippen molar-refractivity contribution in [3.05, 3.63) is 71.0 Å². The maximum atomic E-state index is 13.8. The molecule has 168 valence electrons. The third-order valence-electron chi connectivity index (χ3n) is 5.65. The number of benzene rings is 2. The fourth-order valence-electron chi connectivity index (χ4n) is 3.80. The Morgan fingerprint density at radius 2 is 1.74 bits per heavy atom. The summed E-state index contributed by atoms with van der Waals surface area (Å²) in [5.74, 6) is 0.607. The highest BCUT2D eigenvalue weighted by atomic mass is 19.1. The molecule has 0 atom stereocenters. The van der Waals surface area contributed by atoms with E-state index in [9.17, 15) is 4.39 Å². The molecule has 0 amide bonds. The van der Waals surface area contributed by atoms with Crippen molar-refractivity contribution in [1.82, 2.24) is 20.4 Å². The molecule has 0 bridgehead atoms. The molecule has 3 rings (SSSR count). The third kappa shape index (κ3) is 7.96. The molecule has 1 aliphatic heterocycles. The van der Waals surface area contributed by atoms with Crippen molar-refractivity contribution in [2.75, 3.05) is 46.3 Å². The van der Waals surface area contributed by atoms with Gasteiger partial charge in [0.2, 0.25) is 0 Å². The summed E-state index contributed by atoms with van der Waals surface area (Å²) in [6, 6.07) is 15.7. The van der Waals surface area contributed by atoms with Crippen LogP contribution in [0.5, 0.6) is 0 Å². The van der Waals surface area contributed by atoms with Crippen molar-refractivity contribution in [3.8, 4) is 0 Å². The zero-order chi connectivity index (χ0) is 21.9. The second-order valence-electron chi connectivity index (χ2n) is 8.21. The summed E-state index contributed by atoms with van der Waals surface area (Å²) in [5.41, 5.74) is 3.26. The molecule has 31 heavy (non-hydrogen) atoms. The molecule has 0 saturated carbocycles. The molecule has 1 fully saturated rings. The van der Waals surface area contributed by atoms with E-state index >= 15 is 0 Å². The summed E-state index contributed by atoms with van der Waals surface area (Å²) in [6.07, 6.45) is 1.86. The van der Waals surface area contributed by atoms with Gasteiger partial charge in [-0.3, -0.25) is 4.90 Å². The van der Waals surface area contributed by atoms with Crippen LogP contribution < -0.4 is 10.6 Å². The van der Waals surface area contributed by atoms with E-state index in [1.165, 1.54) is 36.7 Å². The summed E-state index contributed by atoms with van der Waals surface area (Å²) >= 11 is 0. The monoisotopic (exact) mass is 425 g/mol. The number of hydrogen-bond acceptors (Lipinski definition) is 3. The largest absolute Gasteiger partial charge is 0.357 e. The van der Waals surface area contributed by atoms with E-state index in [-0.39, 0.29) is 5.82 Å². The summed E-state index contributed by atoms with van der Waals surface area (Å²) in [7, 11) is 2.20. The van der Waals surface area contributed by atoms with Gasteiger partial charge in [-0.2, -0.15) is 0 Å². The van der Waals surface area contributed by atoms with E-state index in [2.05, 4.69) is 56.7 Å². The Hall–Kier alpha value is -2.44. The van der Waals surface area contributed by atoms with Gasteiger partial charge in [0, 0.05) is 32.7 Å². The standard InChI is InChI=1S/C25H36FN5/c1-3-27-25(28-14-13-23-7-4-5-8-24(23)26)29-19-21-9-11-22(12-10-21)20-31-16-6-15-30(2)17-18-31/h4-5,7-12H,3,6,13-20H2,1-2H3,(H2,27,28,29). The molecule has 0 aliphatic carbocycles. The Morgan fingerprint density at radius 3 is 2.52 bits per heavy atom. The summed E-state index contributed by atoms with van der Waals surface area (Å²) < 4.78 is 13.8. The average molecular weight is 426 g/mol. The van der Waals surface area contributed by atoms with Gasteiger partial charge in [0.25, 0.3) is 0 Å². The maximum Gasteiger partial charge on any atom is 0.191 e. The van der Waals surface area contributed by atoms with Gasteiger partial charge in [-0.25, -0.2) is 9.38 Å². The molecular formula is C25H36FN5. The number of aliphatic imine (C=N–C) groups is 1. The predicted molar refractivity (Wildman–Crippen MR) is 127 cm³/mol. The second-order valence-corrected chi connectivity index (χ2v) is 8.21. The van der Waals surface area contributed by atoms with Crippen LogP contribution in [0.25, 0.3) is 0 Å². The molecule has 0 aromatic heterocycles. The topological polar surface area (TPSA) is 42.9 Å². The van der Waals surface area contributed by atoms with Gasteiger partial charge in [-0.15, -0.1) is 0 Å². The molecule has 1 aliphatic rings. The average Bonchev–Trinajstić information content (AvgIpc) is 2.98. The van der Waals surface area contributed by atoms with E-state index in [1.54, 1.807) is 6.07 Å². The van der Waals surface area contributed by atoms with Crippen molar-refractivity contribution in [2.45, 2.75) is 32.9 Å². The first-order valence-electron chi connectivity index (χ1n) is 11.4. The van der Waals surface area contributed by atoms with Gasteiger partial charge < -0.3 is 15.5 Å². The molecule has 2 aromatic rings. The smallest absolute Gasteiger partial charge is 0.191 e. The molecule has 6 heteroatoms. The molecule has 2 N–H and O–H groups in total. The van der Waals surface area contributed by atoms with Gasteiger partial charge in [0.15, 0.2) is 5.96 Å². The lowest BCUT2D eigenvalue weighted by Crippen LogP contribution is -2.38. The lowest BCUT2D eigenvalue weighted by Gasteiger charge is -2.20. The van der Waals surface area contributed by atoms with Gasteiger partial charge in [0.1, 0.15) is 5.82 Å². The van der Waals surface area contributed by atoms with Crippen LogP contribution in [0.15, 0.2) is 53.5 Å². The van der Waals surface area contributed by atoms with Gasteiger partial charge >= 0.3 is 0 Å². The first-order chi connectivity index (χ1) is 15.1. The summed E-state index contributed by atoms with van der Waals surface area (Å²) in [6.45, 7) is 9.73. The molecule has 0 radical (unpaired) electrons. The Labute approximate surface area is 186 Å². The minimum atomic E-state index is -0.154. The van der Waals surface area contributed by atoms with Crippen LogP contribution in [-0.4, -0.2) is 62.1 Å². The molecule has 0 spiro atoms. The van der Waals surface area contributed by atoms with E-state index in [4.69, 9.17) is 0 Å². The van der Waals surface area contributed by atoms with Crippen LogP contribution in [0.2, 0.25) is 0 Å². The normalized spacial score (nSPS) is 16.2. The minimum Gasteiger partial charge on any atom is -0.357 e. The number of rotatable bonds is 8. The first kappa shape index (κ1) is 23.2. The number of nitrogens with one attached hydrogen (secondary N) is 2. The van der Waals surface area contributed by atoms with Gasteiger partial charge in [-0.1, -0.05) is 42.5 Å². The molecule has 1 heterocycles. The van der Waals surface area contributed by atoms with Crippen LogP contribution in [0.1, 0.15) is 30.0 Å². The zero-order valence-corrected chi connectivity index (χ0v) is 18.9. The Balaban J connectivity index is 1.49. The summed E-state index contributed by atoms with van der Waals surface area (Å²) in [4.78, 5) is 9.64. The van der Waals surface area contributed by atoms with E-state index in [0.29, 0.717) is 19.5 Å². The Bertz CT molecular complexity index is 821. The molecule has 5 nitrogen and oxygen atoms in total. The molecule has 0 unspecified atom stereocenters. The lowest BCUT2D eigenvalue weighted by atomic mass is 10.1. The van der Waals surface area contributed by atoms with Crippen LogP contribution in [-0.2, 0) is 19.5 Å². The van der Waals surface area contributed by atoms with Crippen LogP contribution in [0, 0.1) is 5.82 Å². The van der Waals surface area contributed by atoms with Gasteiger partial charge in [-0.05, 0) is 62.7 Å². The maximum absolute atomic E-state index is 13.8. The highest BCUT2D eigenvalue weighted by Gasteiger charge is 2.12. The lowest BCUT2D eigenvalue weighted by molar-refractivity contribution is 0.269. The van der Waals surface area contributed by atoms with Crippen molar-refractivity contribution < 1.29 is 4.39 Å².